The van der Waals surface area contributed by atoms with E-state index in [1.807, 2.05) is 53.6 Å². The minimum Gasteiger partial charge on any atom is -0.458 e. The van der Waals surface area contributed by atoms with Crippen molar-refractivity contribution in [2.45, 2.75) is 37.8 Å². The van der Waals surface area contributed by atoms with Crippen LogP contribution in [-0.2, 0) is 32.3 Å². The van der Waals surface area contributed by atoms with Gasteiger partial charge in [-0.2, -0.15) is 5.06 Å². The van der Waals surface area contributed by atoms with Crippen molar-refractivity contribution < 1.29 is 19.1 Å². The number of hydroxylamine groups is 2. The number of benzene rings is 2. The molecule has 2 aromatic carbocycles. The van der Waals surface area contributed by atoms with Gasteiger partial charge in [0.15, 0.2) is 6.10 Å². The average Bonchev–Trinajstić information content (AvgIpc) is 3.13. The monoisotopic (exact) mass is 339 g/mol. The molecule has 0 bridgehead atoms. The lowest BCUT2D eigenvalue weighted by Gasteiger charge is -2.25. The topological polar surface area (TPSA) is 48.0 Å². The Kier molecular flexibility index (Phi) is 4.78. The fourth-order valence-electron chi connectivity index (χ4n) is 3.36. The van der Waals surface area contributed by atoms with Crippen molar-refractivity contribution in [2.75, 3.05) is 6.61 Å². The molecule has 0 unspecified atom stereocenters. The van der Waals surface area contributed by atoms with Gasteiger partial charge in [0.25, 0.3) is 0 Å². The molecule has 3 atom stereocenters. The lowest BCUT2D eigenvalue weighted by atomic mass is 10.1. The van der Waals surface area contributed by atoms with Gasteiger partial charge in [0.1, 0.15) is 6.10 Å². The molecule has 2 aliphatic heterocycles. The van der Waals surface area contributed by atoms with Crippen molar-refractivity contribution in [1.82, 2.24) is 5.06 Å². The van der Waals surface area contributed by atoms with Crippen molar-refractivity contribution in [3.8, 4) is 0 Å². The van der Waals surface area contributed by atoms with Gasteiger partial charge in [-0.05, 0) is 11.1 Å². The second-order valence-electron chi connectivity index (χ2n) is 6.43. The number of hydrogen-bond acceptors (Lipinski definition) is 5. The summed E-state index contributed by atoms with van der Waals surface area (Å²) < 4.78 is 11.4. The summed E-state index contributed by atoms with van der Waals surface area (Å²) >= 11 is 0. The number of fused-ring (bicyclic) bond motifs is 1. The van der Waals surface area contributed by atoms with Crippen LogP contribution in [0.5, 0.6) is 0 Å². The molecule has 2 aromatic rings. The SMILES string of the molecule is O=C1C[C@H]2ON(Cc3ccccc3)[C@@H](COCc3ccccc3)[C@H]2O1. The maximum atomic E-state index is 11.6. The van der Waals surface area contributed by atoms with Crippen LogP contribution >= 0.6 is 0 Å². The second-order valence-corrected chi connectivity index (χ2v) is 6.43. The Hall–Kier alpha value is -2.21. The first kappa shape index (κ1) is 16.3. The van der Waals surface area contributed by atoms with Crippen molar-refractivity contribution in [2.24, 2.45) is 0 Å². The summed E-state index contributed by atoms with van der Waals surface area (Å²) in [4.78, 5) is 17.6. The summed E-state index contributed by atoms with van der Waals surface area (Å²) in [5.74, 6) is -0.192. The van der Waals surface area contributed by atoms with Gasteiger partial charge in [-0.15, -0.1) is 0 Å². The molecule has 0 saturated carbocycles. The van der Waals surface area contributed by atoms with Crippen molar-refractivity contribution in [3.05, 3.63) is 71.8 Å². The van der Waals surface area contributed by atoms with Crippen LogP contribution in [0, 0.1) is 0 Å². The quantitative estimate of drug-likeness (QED) is 0.758. The molecular weight excluding hydrogens is 318 g/mol. The van der Waals surface area contributed by atoms with Crippen LogP contribution in [0.25, 0.3) is 0 Å². The van der Waals surface area contributed by atoms with Gasteiger partial charge in [0.05, 0.1) is 25.7 Å². The zero-order valence-electron chi connectivity index (χ0n) is 13.9. The minimum atomic E-state index is -0.257. The maximum Gasteiger partial charge on any atom is 0.309 e. The number of ether oxygens (including phenoxy) is 2. The van der Waals surface area contributed by atoms with E-state index in [1.165, 1.54) is 0 Å². The third-order valence-corrected chi connectivity index (χ3v) is 4.60. The Bertz CT molecular complexity index is 706. The zero-order chi connectivity index (χ0) is 17.1. The number of carbonyl (C=O) groups is 1. The first-order chi connectivity index (χ1) is 12.3. The fraction of sp³-hybridized carbons (Fsp3) is 0.350. The number of hydrogen-bond donors (Lipinski definition) is 0. The van der Waals surface area contributed by atoms with E-state index in [2.05, 4.69) is 12.1 Å². The predicted octanol–water partition coefficient (Wildman–Crippen LogP) is 2.70. The molecule has 0 N–H and O–H groups in total. The summed E-state index contributed by atoms with van der Waals surface area (Å²) in [5, 5.41) is 1.90. The maximum absolute atomic E-state index is 11.6. The molecule has 2 aliphatic rings. The van der Waals surface area contributed by atoms with Crippen molar-refractivity contribution in [3.63, 3.8) is 0 Å². The van der Waals surface area contributed by atoms with Crippen LogP contribution in [0.1, 0.15) is 17.5 Å². The Balaban J connectivity index is 1.42. The highest BCUT2D eigenvalue weighted by Crippen LogP contribution is 2.33. The van der Waals surface area contributed by atoms with E-state index in [0.29, 0.717) is 26.2 Å². The molecule has 130 valence electrons. The van der Waals surface area contributed by atoms with Crippen LogP contribution in [0.3, 0.4) is 0 Å². The molecular formula is C20H21NO4. The van der Waals surface area contributed by atoms with E-state index in [1.54, 1.807) is 0 Å². The molecule has 5 heteroatoms. The summed E-state index contributed by atoms with van der Waals surface area (Å²) in [5.41, 5.74) is 2.28. The zero-order valence-corrected chi connectivity index (χ0v) is 13.9. The van der Waals surface area contributed by atoms with Gasteiger partial charge in [-0.3, -0.25) is 9.63 Å². The van der Waals surface area contributed by atoms with Gasteiger partial charge in [-0.25, -0.2) is 0 Å². The highest BCUT2D eigenvalue weighted by Gasteiger charge is 2.50. The predicted molar refractivity (Wildman–Crippen MR) is 91.2 cm³/mol. The molecule has 0 aliphatic carbocycles. The molecule has 5 nitrogen and oxygen atoms in total. The molecule has 0 spiro atoms. The number of carbonyl (C=O) groups excluding carboxylic acids is 1. The van der Waals surface area contributed by atoms with E-state index in [0.717, 1.165) is 11.1 Å². The second kappa shape index (κ2) is 7.35. The summed E-state index contributed by atoms with van der Waals surface area (Å²) in [6.45, 7) is 1.63. The van der Waals surface area contributed by atoms with E-state index in [-0.39, 0.29) is 24.2 Å². The van der Waals surface area contributed by atoms with Crippen LogP contribution in [0.15, 0.2) is 60.7 Å². The molecule has 0 amide bonds. The Morgan fingerprint density at radius 3 is 2.40 bits per heavy atom. The molecule has 4 rings (SSSR count). The van der Waals surface area contributed by atoms with E-state index in [9.17, 15) is 4.79 Å². The first-order valence-electron chi connectivity index (χ1n) is 8.58. The highest BCUT2D eigenvalue weighted by molar-refractivity contribution is 5.72. The molecule has 2 fully saturated rings. The Morgan fingerprint density at radius 2 is 1.68 bits per heavy atom. The Labute approximate surface area is 147 Å². The average molecular weight is 339 g/mol. The van der Waals surface area contributed by atoms with Crippen LogP contribution in [0.2, 0.25) is 0 Å². The molecule has 2 heterocycles. The minimum absolute atomic E-state index is 0.0969. The fourth-order valence-corrected chi connectivity index (χ4v) is 3.36. The van der Waals surface area contributed by atoms with E-state index >= 15 is 0 Å². The lowest BCUT2D eigenvalue weighted by Crippen LogP contribution is -2.39. The van der Waals surface area contributed by atoms with Gasteiger partial charge >= 0.3 is 5.97 Å². The van der Waals surface area contributed by atoms with Gasteiger partial charge < -0.3 is 9.47 Å². The Morgan fingerprint density at radius 1 is 1.00 bits per heavy atom. The van der Waals surface area contributed by atoms with Crippen molar-refractivity contribution >= 4 is 5.97 Å². The van der Waals surface area contributed by atoms with Crippen LogP contribution in [-0.4, -0.2) is 35.9 Å². The first-order valence-corrected chi connectivity index (χ1v) is 8.58. The molecule has 0 aromatic heterocycles. The van der Waals surface area contributed by atoms with Gasteiger partial charge in [-0.1, -0.05) is 60.7 Å². The van der Waals surface area contributed by atoms with Crippen LogP contribution < -0.4 is 0 Å². The van der Waals surface area contributed by atoms with E-state index < -0.39 is 0 Å². The number of esters is 1. The third-order valence-electron chi connectivity index (χ3n) is 4.60. The third kappa shape index (κ3) is 3.74. The molecule has 0 radical (unpaired) electrons. The normalized spacial score (nSPS) is 25.8. The highest BCUT2D eigenvalue weighted by atomic mass is 16.7. The largest absolute Gasteiger partial charge is 0.458 e. The van der Waals surface area contributed by atoms with Gasteiger partial charge in [0.2, 0.25) is 0 Å². The van der Waals surface area contributed by atoms with E-state index in [4.69, 9.17) is 14.3 Å². The van der Waals surface area contributed by atoms with Crippen LogP contribution in [0.4, 0.5) is 0 Å². The summed E-state index contributed by atoms with van der Waals surface area (Å²) in [6.07, 6.45) is -0.154. The summed E-state index contributed by atoms with van der Waals surface area (Å²) in [7, 11) is 0. The van der Waals surface area contributed by atoms with Crippen molar-refractivity contribution in [1.29, 1.82) is 0 Å². The number of rotatable bonds is 6. The molecule has 2 saturated heterocycles. The standard InChI is InChI=1S/C20H21NO4/c22-19-11-18-20(24-19)17(14-23-13-16-9-5-2-6-10-16)21(25-18)12-15-7-3-1-4-8-15/h1-10,17-18,20H,11-14H2/t17-,18+,20+/m0/s1. The number of nitrogens with zero attached hydrogens (tertiary/aromatic N) is 1. The van der Waals surface area contributed by atoms with Gasteiger partial charge in [0, 0.05) is 6.54 Å². The summed E-state index contributed by atoms with van der Waals surface area (Å²) in [6, 6.07) is 20.1. The lowest BCUT2D eigenvalue weighted by molar-refractivity contribution is -0.181. The smallest absolute Gasteiger partial charge is 0.309 e. The molecule has 25 heavy (non-hydrogen) atoms.